The third-order valence-corrected chi connectivity index (χ3v) is 6.36. The minimum absolute atomic E-state index is 0.0487. The zero-order valence-electron chi connectivity index (χ0n) is 20.0. The molecule has 0 atom stereocenters. The number of anilines is 1. The van der Waals surface area contributed by atoms with E-state index in [2.05, 4.69) is 22.9 Å². The van der Waals surface area contributed by atoms with Crippen LogP contribution >= 0.6 is 12.8 Å². The summed E-state index contributed by atoms with van der Waals surface area (Å²) in [6.07, 6.45) is 0.404. The van der Waals surface area contributed by atoms with Crippen LogP contribution in [0.3, 0.4) is 0 Å². The molecule has 0 aliphatic heterocycles. The number of rotatable bonds is 8. The van der Waals surface area contributed by atoms with Gasteiger partial charge in [0.1, 0.15) is 0 Å². The van der Waals surface area contributed by atoms with Crippen molar-refractivity contribution in [3.63, 3.8) is 0 Å². The highest BCUT2D eigenvalue weighted by Gasteiger charge is 2.25. The van der Waals surface area contributed by atoms with Gasteiger partial charge in [0.15, 0.2) is 0 Å². The molecule has 0 aromatic heterocycles. The Balaban J connectivity index is 1.92. The van der Waals surface area contributed by atoms with E-state index in [9.17, 15) is 22.8 Å². The first-order chi connectivity index (χ1) is 16.3. The number of sulfonamides is 1. The second-order valence-electron chi connectivity index (χ2n) is 8.68. The van der Waals surface area contributed by atoms with E-state index in [1.54, 1.807) is 17.0 Å². The topological polar surface area (TPSA) is 134 Å². The standard InChI is InChI=1S/C23H30N4O6S2/c1-16-9-11-19(12-10-16)35(31,32)26-21(29)24-18-8-5-7-17(15-18)20(28)33-14-6-13-27(22(30)25-34)23(2,3)4/h5,7-12,15,34H,6,13-14H2,1-4H3,(H,25,30)(H2,24,26,29). The molecule has 0 saturated heterocycles. The lowest BCUT2D eigenvalue weighted by atomic mass is 10.1. The van der Waals surface area contributed by atoms with Crippen molar-refractivity contribution in [3.8, 4) is 0 Å². The number of nitrogens with zero attached hydrogens (tertiary/aromatic N) is 1. The third kappa shape index (κ3) is 8.48. The predicted octanol–water partition coefficient (Wildman–Crippen LogP) is 3.71. The Bertz CT molecular complexity index is 1160. The van der Waals surface area contributed by atoms with Crippen LogP contribution in [-0.4, -0.2) is 50.0 Å². The Kier molecular flexibility index (Phi) is 9.55. The molecule has 0 spiro atoms. The molecule has 12 heteroatoms. The fourth-order valence-corrected chi connectivity index (χ4v) is 4.08. The van der Waals surface area contributed by atoms with E-state index in [0.29, 0.717) is 13.0 Å². The molecule has 0 saturated carbocycles. The molecular weight excluding hydrogens is 492 g/mol. The van der Waals surface area contributed by atoms with Crippen molar-refractivity contribution in [3.05, 3.63) is 59.7 Å². The maximum atomic E-state index is 12.4. The molecule has 3 N–H and O–H groups in total. The second-order valence-corrected chi connectivity index (χ2v) is 10.6. The summed E-state index contributed by atoms with van der Waals surface area (Å²) in [7, 11) is -4.05. The minimum Gasteiger partial charge on any atom is -0.462 e. The monoisotopic (exact) mass is 522 g/mol. The Labute approximate surface area is 211 Å². The van der Waals surface area contributed by atoms with Crippen LogP contribution in [0.5, 0.6) is 0 Å². The van der Waals surface area contributed by atoms with E-state index in [4.69, 9.17) is 4.74 Å². The predicted molar refractivity (Wildman–Crippen MR) is 136 cm³/mol. The van der Waals surface area contributed by atoms with Gasteiger partial charge in [-0.25, -0.2) is 27.5 Å². The van der Waals surface area contributed by atoms with Crippen molar-refractivity contribution < 1.29 is 27.5 Å². The number of carbonyl (C=O) groups is 3. The third-order valence-electron chi connectivity index (χ3n) is 4.82. The SMILES string of the molecule is Cc1ccc(S(=O)(=O)NC(=O)Nc2cccc(C(=O)OCCCN(C(=O)NS)C(C)(C)C)c2)cc1. The zero-order chi connectivity index (χ0) is 26.2. The van der Waals surface area contributed by atoms with Crippen LogP contribution in [0.2, 0.25) is 0 Å². The Morgan fingerprint density at radius 3 is 2.31 bits per heavy atom. The second kappa shape index (κ2) is 11.9. The number of hydrogen-bond acceptors (Lipinski definition) is 7. The number of benzene rings is 2. The van der Waals surface area contributed by atoms with Crippen LogP contribution in [0, 0.1) is 6.92 Å². The Morgan fingerprint density at radius 1 is 1.06 bits per heavy atom. The van der Waals surface area contributed by atoms with Crippen molar-refractivity contribution in [2.75, 3.05) is 18.5 Å². The fraction of sp³-hybridized carbons (Fsp3) is 0.348. The Morgan fingerprint density at radius 2 is 1.71 bits per heavy atom. The molecule has 0 fully saturated rings. The number of carbonyl (C=O) groups excluding carboxylic acids is 3. The number of urea groups is 2. The summed E-state index contributed by atoms with van der Waals surface area (Å²) in [5.74, 6) is -0.623. The lowest BCUT2D eigenvalue weighted by molar-refractivity contribution is 0.0483. The van der Waals surface area contributed by atoms with E-state index in [0.717, 1.165) is 5.56 Å². The van der Waals surface area contributed by atoms with Crippen LogP contribution in [0.15, 0.2) is 53.4 Å². The normalized spacial score (nSPS) is 11.3. The van der Waals surface area contributed by atoms with Gasteiger partial charge in [-0.2, -0.15) is 0 Å². The van der Waals surface area contributed by atoms with E-state index in [1.807, 2.05) is 32.4 Å². The highest BCUT2D eigenvalue weighted by atomic mass is 32.2. The number of esters is 1. The van der Waals surface area contributed by atoms with E-state index < -0.39 is 27.6 Å². The number of nitrogens with one attached hydrogen (secondary N) is 3. The van der Waals surface area contributed by atoms with Crippen LogP contribution < -0.4 is 14.8 Å². The van der Waals surface area contributed by atoms with Gasteiger partial charge < -0.3 is 15.0 Å². The maximum Gasteiger partial charge on any atom is 0.338 e. The lowest BCUT2D eigenvalue weighted by Crippen LogP contribution is -2.49. The Hall–Kier alpha value is -3.25. The van der Waals surface area contributed by atoms with Crippen molar-refractivity contribution in [1.29, 1.82) is 0 Å². The molecule has 2 aromatic carbocycles. The van der Waals surface area contributed by atoms with E-state index in [1.165, 1.54) is 36.4 Å². The molecule has 4 amide bonds. The molecule has 35 heavy (non-hydrogen) atoms. The number of ether oxygens (including phenoxy) is 1. The van der Waals surface area contributed by atoms with Gasteiger partial charge in [0.25, 0.3) is 10.0 Å². The number of hydrogen-bond donors (Lipinski definition) is 4. The van der Waals surface area contributed by atoms with Gasteiger partial charge in [-0.15, -0.1) is 0 Å². The fourth-order valence-electron chi connectivity index (χ4n) is 3.05. The largest absolute Gasteiger partial charge is 0.462 e. The molecule has 0 unspecified atom stereocenters. The lowest BCUT2D eigenvalue weighted by Gasteiger charge is -2.35. The number of amides is 4. The summed E-state index contributed by atoms with van der Waals surface area (Å²) in [5.41, 5.74) is 0.821. The van der Waals surface area contributed by atoms with Crippen LogP contribution in [0.25, 0.3) is 0 Å². The molecule has 190 valence electrons. The molecule has 2 aromatic rings. The molecule has 10 nitrogen and oxygen atoms in total. The number of thiol groups is 1. The van der Waals surface area contributed by atoms with Crippen LogP contribution in [0.1, 0.15) is 43.1 Å². The van der Waals surface area contributed by atoms with E-state index >= 15 is 0 Å². The first-order valence-electron chi connectivity index (χ1n) is 10.7. The summed E-state index contributed by atoms with van der Waals surface area (Å²) in [6, 6.07) is 10.6. The summed E-state index contributed by atoms with van der Waals surface area (Å²) < 4.78 is 34.2. The molecule has 0 aliphatic carbocycles. The van der Waals surface area contributed by atoms with Crippen molar-refractivity contribution >= 4 is 46.6 Å². The van der Waals surface area contributed by atoms with Gasteiger partial charge in [-0.1, -0.05) is 36.6 Å². The smallest absolute Gasteiger partial charge is 0.338 e. The van der Waals surface area contributed by atoms with Crippen molar-refractivity contribution in [2.45, 2.75) is 44.6 Å². The highest BCUT2D eigenvalue weighted by Crippen LogP contribution is 2.16. The van der Waals surface area contributed by atoms with Gasteiger partial charge in [0.2, 0.25) is 0 Å². The zero-order valence-corrected chi connectivity index (χ0v) is 21.7. The van der Waals surface area contributed by atoms with E-state index in [-0.39, 0.29) is 28.8 Å². The first-order valence-corrected chi connectivity index (χ1v) is 12.7. The van der Waals surface area contributed by atoms with Gasteiger partial charge >= 0.3 is 18.0 Å². The molecule has 0 bridgehead atoms. The maximum absolute atomic E-state index is 12.4. The van der Waals surface area contributed by atoms with Gasteiger partial charge in [-0.05, 0) is 64.4 Å². The molecule has 2 rings (SSSR count). The summed E-state index contributed by atoms with van der Waals surface area (Å²) in [4.78, 5) is 38.1. The minimum atomic E-state index is -4.05. The molecule has 0 heterocycles. The van der Waals surface area contributed by atoms with Gasteiger partial charge in [0, 0.05) is 17.8 Å². The molecule has 0 aliphatic rings. The molecular formula is C23H30N4O6S2. The van der Waals surface area contributed by atoms with Crippen molar-refractivity contribution in [1.82, 2.24) is 14.3 Å². The number of aryl methyl sites for hydroxylation is 1. The quantitative estimate of drug-likeness (QED) is 0.237. The first kappa shape index (κ1) is 28.0. The highest BCUT2D eigenvalue weighted by molar-refractivity contribution is 7.90. The van der Waals surface area contributed by atoms with Crippen LogP contribution in [0.4, 0.5) is 15.3 Å². The summed E-state index contributed by atoms with van der Waals surface area (Å²) >= 11 is 3.80. The van der Waals surface area contributed by atoms with Crippen LogP contribution in [-0.2, 0) is 14.8 Å². The average molecular weight is 523 g/mol. The average Bonchev–Trinajstić information content (AvgIpc) is 2.77. The van der Waals surface area contributed by atoms with Crippen molar-refractivity contribution in [2.24, 2.45) is 0 Å². The summed E-state index contributed by atoms with van der Waals surface area (Å²) in [5, 5.41) is 2.40. The van der Waals surface area contributed by atoms with Gasteiger partial charge in [-0.3, -0.25) is 4.72 Å². The molecule has 0 radical (unpaired) electrons. The summed E-state index contributed by atoms with van der Waals surface area (Å²) in [6.45, 7) is 7.86. The van der Waals surface area contributed by atoms with Gasteiger partial charge in [0.05, 0.1) is 17.1 Å².